The molecule has 0 saturated carbocycles. The van der Waals surface area contributed by atoms with Crippen molar-refractivity contribution in [1.29, 1.82) is 0 Å². The second-order valence-corrected chi connectivity index (χ2v) is 5.36. The van der Waals surface area contributed by atoms with Crippen LogP contribution >= 0.6 is 0 Å². The Kier molecular flexibility index (Phi) is 3.97. The number of hydrogen-bond donors (Lipinski definition) is 1. The van der Waals surface area contributed by atoms with Gasteiger partial charge in [-0.3, -0.25) is 4.79 Å². The molecule has 1 heterocycles. The van der Waals surface area contributed by atoms with Crippen molar-refractivity contribution in [1.82, 2.24) is 0 Å². The first-order valence-corrected chi connectivity index (χ1v) is 7.13. The van der Waals surface area contributed by atoms with Crippen LogP contribution in [0.3, 0.4) is 0 Å². The van der Waals surface area contributed by atoms with Crippen LogP contribution in [0.25, 0.3) is 0 Å². The molecule has 0 aliphatic carbocycles. The molecule has 6 heteroatoms. The average molecular weight is 314 g/mol. The molecule has 0 spiro atoms. The molecule has 1 amide bonds. The average Bonchev–Trinajstić information content (AvgIpc) is 2.46. The summed E-state index contributed by atoms with van der Waals surface area (Å²) in [7, 11) is 0. The van der Waals surface area contributed by atoms with Crippen molar-refractivity contribution in [3.05, 3.63) is 53.8 Å². The number of benzene rings is 2. The highest BCUT2D eigenvalue weighted by Crippen LogP contribution is 2.32. The van der Waals surface area contributed by atoms with E-state index < -0.39 is 11.8 Å². The van der Waals surface area contributed by atoms with Gasteiger partial charge in [-0.25, -0.2) is 9.18 Å². The van der Waals surface area contributed by atoms with Crippen LogP contribution < -0.4 is 15.0 Å². The molecule has 0 saturated heterocycles. The van der Waals surface area contributed by atoms with E-state index in [2.05, 4.69) is 5.32 Å². The van der Waals surface area contributed by atoms with Gasteiger partial charge in [0.1, 0.15) is 12.4 Å². The predicted molar refractivity (Wildman–Crippen MR) is 84.1 cm³/mol. The third-order valence-electron chi connectivity index (χ3n) is 3.44. The molecule has 0 radical (unpaired) electrons. The number of halogens is 1. The molecule has 1 aliphatic heterocycles. The molecule has 1 aliphatic rings. The number of amides is 1. The van der Waals surface area contributed by atoms with Gasteiger partial charge in [-0.05, 0) is 42.8 Å². The lowest BCUT2D eigenvalue weighted by Crippen LogP contribution is -2.41. The number of carbonyl (C=O) groups is 2. The van der Waals surface area contributed by atoms with Crippen LogP contribution in [-0.2, 0) is 9.59 Å². The molecular formula is C17H15FN2O3. The molecule has 0 unspecified atom stereocenters. The largest absolute Gasteiger partial charge is 0.423 e. The van der Waals surface area contributed by atoms with Gasteiger partial charge in [0.15, 0.2) is 5.75 Å². The number of esters is 1. The summed E-state index contributed by atoms with van der Waals surface area (Å²) in [6, 6.07) is 11.1. The van der Waals surface area contributed by atoms with Crippen LogP contribution in [0.1, 0.15) is 5.56 Å². The Bertz CT molecular complexity index is 776. The van der Waals surface area contributed by atoms with Crippen molar-refractivity contribution >= 4 is 23.3 Å². The van der Waals surface area contributed by atoms with E-state index in [0.29, 0.717) is 17.1 Å². The molecule has 3 rings (SSSR count). The van der Waals surface area contributed by atoms with Gasteiger partial charge in [0, 0.05) is 5.69 Å². The number of nitrogens with one attached hydrogen (secondary N) is 1. The number of aryl methyl sites for hydroxylation is 1. The van der Waals surface area contributed by atoms with E-state index in [-0.39, 0.29) is 19.0 Å². The number of rotatable bonds is 3. The van der Waals surface area contributed by atoms with E-state index in [1.165, 1.54) is 18.2 Å². The van der Waals surface area contributed by atoms with Gasteiger partial charge in [-0.15, -0.1) is 0 Å². The van der Waals surface area contributed by atoms with Crippen LogP contribution in [0.2, 0.25) is 0 Å². The SMILES string of the molecule is Cc1ccc2c(c1)OC(=O)CN2CC(=O)Nc1cccc(F)c1. The minimum absolute atomic E-state index is 0.00731. The first-order valence-electron chi connectivity index (χ1n) is 7.13. The Labute approximate surface area is 132 Å². The Morgan fingerprint density at radius 3 is 2.91 bits per heavy atom. The summed E-state index contributed by atoms with van der Waals surface area (Å²) in [5.41, 5.74) is 2.02. The zero-order valence-electron chi connectivity index (χ0n) is 12.5. The van der Waals surface area contributed by atoms with E-state index in [1.807, 2.05) is 19.1 Å². The lowest BCUT2D eigenvalue weighted by atomic mass is 10.1. The number of carbonyl (C=O) groups excluding carboxylic acids is 2. The van der Waals surface area contributed by atoms with Gasteiger partial charge in [0.25, 0.3) is 0 Å². The second kappa shape index (κ2) is 6.08. The minimum Gasteiger partial charge on any atom is -0.423 e. The van der Waals surface area contributed by atoms with E-state index in [4.69, 9.17) is 4.74 Å². The fraction of sp³-hybridized carbons (Fsp3) is 0.176. The van der Waals surface area contributed by atoms with Crippen molar-refractivity contribution in [2.75, 3.05) is 23.3 Å². The molecule has 2 aromatic rings. The van der Waals surface area contributed by atoms with E-state index in [9.17, 15) is 14.0 Å². The van der Waals surface area contributed by atoms with Gasteiger partial charge in [-0.1, -0.05) is 12.1 Å². The van der Waals surface area contributed by atoms with Crippen molar-refractivity contribution in [2.45, 2.75) is 6.92 Å². The second-order valence-electron chi connectivity index (χ2n) is 5.36. The fourth-order valence-corrected chi connectivity index (χ4v) is 2.44. The van der Waals surface area contributed by atoms with Crippen molar-refractivity contribution in [2.24, 2.45) is 0 Å². The van der Waals surface area contributed by atoms with Crippen molar-refractivity contribution in [3.8, 4) is 5.75 Å². The third-order valence-corrected chi connectivity index (χ3v) is 3.44. The zero-order chi connectivity index (χ0) is 16.4. The molecular weight excluding hydrogens is 299 g/mol. The lowest BCUT2D eigenvalue weighted by Gasteiger charge is -2.29. The van der Waals surface area contributed by atoms with Crippen molar-refractivity contribution in [3.63, 3.8) is 0 Å². The number of fused-ring (bicyclic) bond motifs is 1. The minimum atomic E-state index is -0.426. The van der Waals surface area contributed by atoms with Gasteiger partial charge in [0.05, 0.1) is 12.2 Å². The maximum Gasteiger partial charge on any atom is 0.331 e. The van der Waals surface area contributed by atoms with Crippen LogP contribution in [0.5, 0.6) is 5.75 Å². The smallest absolute Gasteiger partial charge is 0.331 e. The summed E-state index contributed by atoms with van der Waals surface area (Å²) in [6.45, 7) is 1.86. The van der Waals surface area contributed by atoms with Gasteiger partial charge in [0.2, 0.25) is 5.91 Å². The first-order chi connectivity index (χ1) is 11.0. The molecule has 0 atom stereocenters. The topological polar surface area (TPSA) is 58.6 Å². The highest BCUT2D eigenvalue weighted by atomic mass is 19.1. The van der Waals surface area contributed by atoms with Gasteiger partial charge < -0.3 is 15.0 Å². The predicted octanol–water partition coefficient (Wildman–Crippen LogP) is 2.50. The molecule has 2 aromatic carbocycles. The lowest BCUT2D eigenvalue weighted by molar-refractivity contribution is -0.133. The summed E-state index contributed by atoms with van der Waals surface area (Å²) in [5.74, 6) is -0.733. The normalized spacial score (nSPS) is 13.3. The first kappa shape index (κ1) is 15.0. The number of anilines is 2. The Morgan fingerprint density at radius 1 is 1.30 bits per heavy atom. The summed E-state index contributed by atoms with van der Waals surface area (Å²) in [6.07, 6.45) is 0. The summed E-state index contributed by atoms with van der Waals surface area (Å²) < 4.78 is 18.3. The highest BCUT2D eigenvalue weighted by molar-refractivity contribution is 5.96. The number of hydrogen-bond acceptors (Lipinski definition) is 4. The van der Waals surface area contributed by atoms with E-state index in [1.54, 1.807) is 17.0 Å². The number of nitrogens with zero attached hydrogens (tertiary/aromatic N) is 1. The summed E-state index contributed by atoms with van der Waals surface area (Å²) in [5, 5.41) is 2.61. The van der Waals surface area contributed by atoms with Crippen LogP contribution in [0, 0.1) is 12.7 Å². The van der Waals surface area contributed by atoms with E-state index in [0.717, 1.165) is 5.56 Å². The van der Waals surface area contributed by atoms with Crippen molar-refractivity contribution < 1.29 is 18.7 Å². The molecule has 0 aromatic heterocycles. The van der Waals surface area contributed by atoms with Gasteiger partial charge in [-0.2, -0.15) is 0 Å². The molecule has 0 fully saturated rings. The third kappa shape index (κ3) is 3.48. The van der Waals surface area contributed by atoms with Crippen LogP contribution in [0.4, 0.5) is 15.8 Å². The molecule has 1 N–H and O–H groups in total. The monoisotopic (exact) mass is 314 g/mol. The standard InChI is InChI=1S/C17H15FN2O3/c1-11-5-6-14-15(7-11)23-17(22)10-20(14)9-16(21)19-13-4-2-3-12(18)8-13/h2-8H,9-10H2,1H3,(H,19,21). The molecule has 5 nitrogen and oxygen atoms in total. The molecule has 118 valence electrons. The quantitative estimate of drug-likeness (QED) is 0.698. The summed E-state index contributed by atoms with van der Waals surface area (Å²) in [4.78, 5) is 25.5. The summed E-state index contributed by atoms with van der Waals surface area (Å²) >= 11 is 0. The van der Waals surface area contributed by atoms with E-state index >= 15 is 0 Å². The molecule has 0 bridgehead atoms. The van der Waals surface area contributed by atoms with Crippen LogP contribution in [-0.4, -0.2) is 25.0 Å². The highest BCUT2D eigenvalue weighted by Gasteiger charge is 2.25. The molecule has 23 heavy (non-hydrogen) atoms. The van der Waals surface area contributed by atoms with Gasteiger partial charge >= 0.3 is 5.97 Å². The Morgan fingerprint density at radius 2 is 2.13 bits per heavy atom. The zero-order valence-corrected chi connectivity index (χ0v) is 12.5. The Hall–Kier alpha value is -2.89. The number of ether oxygens (including phenoxy) is 1. The maximum atomic E-state index is 13.1. The fourth-order valence-electron chi connectivity index (χ4n) is 2.44. The van der Waals surface area contributed by atoms with Crippen LogP contribution in [0.15, 0.2) is 42.5 Å². The Balaban J connectivity index is 1.75. The maximum absolute atomic E-state index is 13.1.